The minimum atomic E-state index is -0.418. The Bertz CT molecular complexity index is 613. The molecule has 98 valence electrons. The van der Waals surface area contributed by atoms with Gasteiger partial charge >= 0.3 is 0 Å². The summed E-state index contributed by atoms with van der Waals surface area (Å²) in [6, 6.07) is 8.35. The van der Waals surface area contributed by atoms with Gasteiger partial charge in [0.2, 0.25) is 0 Å². The van der Waals surface area contributed by atoms with Crippen molar-refractivity contribution >= 4 is 5.69 Å². The van der Waals surface area contributed by atoms with Gasteiger partial charge in [-0.05, 0) is 26.1 Å². The molecule has 0 saturated heterocycles. The lowest BCUT2D eigenvalue weighted by atomic mass is 10.1. The lowest BCUT2D eigenvalue weighted by Gasteiger charge is -2.06. The first-order valence-corrected chi connectivity index (χ1v) is 5.84. The van der Waals surface area contributed by atoms with Gasteiger partial charge in [0.1, 0.15) is 0 Å². The van der Waals surface area contributed by atoms with E-state index in [0.717, 1.165) is 11.4 Å². The molecule has 0 spiro atoms. The zero-order chi connectivity index (χ0) is 13.8. The number of hydrogen-bond acceptors (Lipinski definition) is 5. The van der Waals surface area contributed by atoms with Crippen LogP contribution in [0.1, 0.15) is 11.4 Å². The second-order valence-corrected chi connectivity index (χ2v) is 4.13. The summed E-state index contributed by atoms with van der Waals surface area (Å²) in [5, 5.41) is 14.0. The monoisotopic (exact) mass is 258 g/mol. The SMILES string of the molecule is CNCc1cc(C)nc(-c2ccccc2[N+](=O)[O-])n1. The van der Waals surface area contributed by atoms with Crippen LogP contribution in [0.15, 0.2) is 30.3 Å². The van der Waals surface area contributed by atoms with Crippen molar-refractivity contribution in [1.82, 2.24) is 15.3 Å². The van der Waals surface area contributed by atoms with Crippen LogP contribution in [-0.2, 0) is 6.54 Å². The van der Waals surface area contributed by atoms with Gasteiger partial charge in [0.15, 0.2) is 5.82 Å². The largest absolute Gasteiger partial charge is 0.314 e. The highest BCUT2D eigenvalue weighted by atomic mass is 16.6. The Labute approximate surface area is 110 Å². The molecule has 0 atom stereocenters. The highest BCUT2D eigenvalue weighted by Gasteiger charge is 2.17. The van der Waals surface area contributed by atoms with Crippen molar-refractivity contribution in [3.63, 3.8) is 0 Å². The van der Waals surface area contributed by atoms with Crippen LogP contribution in [0.4, 0.5) is 5.69 Å². The summed E-state index contributed by atoms with van der Waals surface area (Å²) in [7, 11) is 1.82. The summed E-state index contributed by atoms with van der Waals surface area (Å²) in [6.07, 6.45) is 0. The Hall–Kier alpha value is -2.34. The van der Waals surface area contributed by atoms with E-state index in [1.807, 2.05) is 20.0 Å². The molecule has 0 saturated carbocycles. The molecule has 0 radical (unpaired) electrons. The molecule has 0 aliphatic heterocycles. The molecule has 19 heavy (non-hydrogen) atoms. The van der Waals surface area contributed by atoms with Gasteiger partial charge in [0, 0.05) is 18.3 Å². The quantitative estimate of drug-likeness (QED) is 0.670. The molecule has 2 aromatic rings. The van der Waals surface area contributed by atoms with E-state index < -0.39 is 4.92 Å². The predicted molar refractivity (Wildman–Crippen MR) is 71.6 cm³/mol. The summed E-state index contributed by atoms with van der Waals surface area (Å²) < 4.78 is 0. The van der Waals surface area contributed by atoms with Gasteiger partial charge in [-0.1, -0.05) is 12.1 Å². The maximum absolute atomic E-state index is 11.0. The van der Waals surface area contributed by atoms with Crippen molar-refractivity contribution in [3.8, 4) is 11.4 Å². The maximum atomic E-state index is 11.0. The minimum absolute atomic E-state index is 0.0171. The molecular formula is C13H14N4O2. The lowest BCUT2D eigenvalue weighted by molar-refractivity contribution is -0.384. The highest BCUT2D eigenvalue weighted by molar-refractivity contribution is 5.67. The molecule has 0 aliphatic carbocycles. The number of benzene rings is 1. The number of nitrogens with one attached hydrogen (secondary N) is 1. The zero-order valence-electron chi connectivity index (χ0n) is 10.8. The summed E-state index contributed by atoms with van der Waals surface area (Å²) in [5.74, 6) is 0.387. The van der Waals surface area contributed by atoms with E-state index in [4.69, 9.17) is 0 Å². The Morgan fingerprint density at radius 2 is 2.05 bits per heavy atom. The van der Waals surface area contributed by atoms with Gasteiger partial charge in [-0.2, -0.15) is 0 Å². The standard InChI is InChI=1S/C13H14N4O2/c1-9-7-10(8-14-2)16-13(15-9)11-5-3-4-6-12(11)17(18)19/h3-7,14H,8H2,1-2H3. The molecular weight excluding hydrogens is 244 g/mol. The number of rotatable bonds is 4. The van der Waals surface area contributed by atoms with Gasteiger partial charge in [-0.15, -0.1) is 0 Å². The van der Waals surface area contributed by atoms with Crippen molar-refractivity contribution in [1.29, 1.82) is 0 Å². The third kappa shape index (κ3) is 2.92. The van der Waals surface area contributed by atoms with Crippen LogP contribution in [-0.4, -0.2) is 21.9 Å². The van der Waals surface area contributed by atoms with Gasteiger partial charge in [-0.25, -0.2) is 9.97 Å². The predicted octanol–water partition coefficient (Wildman–Crippen LogP) is 2.08. The van der Waals surface area contributed by atoms with Crippen LogP contribution in [0, 0.1) is 17.0 Å². The van der Waals surface area contributed by atoms with E-state index in [0.29, 0.717) is 17.9 Å². The van der Waals surface area contributed by atoms with Crippen molar-refractivity contribution in [2.24, 2.45) is 0 Å². The van der Waals surface area contributed by atoms with E-state index in [1.165, 1.54) is 6.07 Å². The molecule has 0 unspecified atom stereocenters. The number of para-hydroxylation sites is 1. The Kier molecular flexibility index (Phi) is 3.82. The van der Waals surface area contributed by atoms with Crippen LogP contribution in [0.2, 0.25) is 0 Å². The average Bonchev–Trinajstić information content (AvgIpc) is 2.38. The van der Waals surface area contributed by atoms with E-state index in [1.54, 1.807) is 18.2 Å². The fourth-order valence-electron chi connectivity index (χ4n) is 1.85. The molecule has 1 N–H and O–H groups in total. The second kappa shape index (κ2) is 5.53. The van der Waals surface area contributed by atoms with Crippen molar-refractivity contribution in [3.05, 3.63) is 51.8 Å². The molecule has 1 aromatic carbocycles. The van der Waals surface area contributed by atoms with E-state index in [-0.39, 0.29) is 5.69 Å². The number of nitro groups is 1. The fourth-order valence-corrected chi connectivity index (χ4v) is 1.85. The first-order chi connectivity index (χ1) is 9.11. The molecule has 6 nitrogen and oxygen atoms in total. The maximum Gasteiger partial charge on any atom is 0.280 e. The Morgan fingerprint density at radius 1 is 1.32 bits per heavy atom. The van der Waals surface area contributed by atoms with Crippen molar-refractivity contribution < 1.29 is 4.92 Å². The number of aryl methyl sites for hydroxylation is 1. The van der Waals surface area contributed by atoms with Crippen LogP contribution < -0.4 is 5.32 Å². The lowest BCUT2D eigenvalue weighted by Crippen LogP contribution is -2.09. The van der Waals surface area contributed by atoms with Gasteiger partial charge in [0.05, 0.1) is 16.2 Å². The molecule has 0 bridgehead atoms. The van der Waals surface area contributed by atoms with Gasteiger partial charge < -0.3 is 5.32 Å². The molecule has 1 heterocycles. The molecule has 0 fully saturated rings. The van der Waals surface area contributed by atoms with E-state index >= 15 is 0 Å². The zero-order valence-corrected chi connectivity index (χ0v) is 10.8. The number of nitrogens with zero attached hydrogens (tertiary/aromatic N) is 3. The second-order valence-electron chi connectivity index (χ2n) is 4.13. The molecule has 0 aliphatic rings. The molecule has 2 rings (SSSR count). The van der Waals surface area contributed by atoms with Crippen LogP contribution >= 0.6 is 0 Å². The summed E-state index contributed by atoms with van der Waals surface area (Å²) in [6.45, 7) is 2.44. The van der Waals surface area contributed by atoms with Crippen LogP contribution in [0.25, 0.3) is 11.4 Å². The summed E-state index contributed by atoms with van der Waals surface area (Å²) in [5.41, 5.74) is 2.05. The summed E-state index contributed by atoms with van der Waals surface area (Å²) >= 11 is 0. The number of hydrogen-bond donors (Lipinski definition) is 1. The minimum Gasteiger partial charge on any atom is -0.314 e. The highest BCUT2D eigenvalue weighted by Crippen LogP contribution is 2.26. The van der Waals surface area contributed by atoms with E-state index in [2.05, 4.69) is 15.3 Å². The normalized spacial score (nSPS) is 10.4. The van der Waals surface area contributed by atoms with Gasteiger partial charge in [0.25, 0.3) is 5.69 Å². The molecule has 0 amide bonds. The van der Waals surface area contributed by atoms with Crippen molar-refractivity contribution in [2.75, 3.05) is 7.05 Å². The van der Waals surface area contributed by atoms with Crippen molar-refractivity contribution in [2.45, 2.75) is 13.5 Å². The fraction of sp³-hybridized carbons (Fsp3) is 0.231. The van der Waals surface area contributed by atoms with E-state index in [9.17, 15) is 10.1 Å². The number of nitro benzene ring substituents is 1. The third-order valence-corrected chi connectivity index (χ3v) is 2.61. The Balaban J connectivity index is 2.55. The van der Waals surface area contributed by atoms with Crippen LogP contribution in [0.5, 0.6) is 0 Å². The first-order valence-electron chi connectivity index (χ1n) is 5.84. The number of aromatic nitrogens is 2. The Morgan fingerprint density at radius 3 is 2.74 bits per heavy atom. The van der Waals surface area contributed by atoms with Crippen LogP contribution in [0.3, 0.4) is 0 Å². The third-order valence-electron chi connectivity index (χ3n) is 2.61. The first kappa shape index (κ1) is 13.1. The molecule has 1 aromatic heterocycles. The summed E-state index contributed by atoms with van der Waals surface area (Å²) in [4.78, 5) is 19.3. The smallest absolute Gasteiger partial charge is 0.280 e. The topological polar surface area (TPSA) is 81.0 Å². The molecule has 6 heteroatoms. The van der Waals surface area contributed by atoms with Gasteiger partial charge in [-0.3, -0.25) is 10.1 Å². The average molecular weight is 258 g/mol.